The Bertz CT molecular complexity index is 1160. The van der Waals surface area contributed by atoms with E-state index in [2.05, 4.69) is 34.5 Å². The van der Waals surface area contributed by atoms with Crippen LogP contribution in [0.2, 0.25) is 31.0 Å². The molecule has 0 saturated carbocycles. The quantitative estimate of drug-likeness (QED) is 0.125. The fraction of sp³-hybridized carbons (Fsp3) is 0.455. The van der Waals surface area contributed by atoms with Crippen molar-refractivity contribution in [2.45, 2.75) is 45.3 Å². The fourth-order valence-corrected chi connectivity index (χ4v) is 4.71. The first-order valence-corrected chi connectivity index (χ1v) is 15.1. The summed E-state index contributed by atoms with van der Waals surface area (Å²) in [4.78, 5) is 21.8. The molecule has 1 saturated heterocycles. The molecule has 33 heavy (non-hydrogen) atoms. The average Bonchev–Trinajstić information content (AvgIpc) is 3.39. The van der Waals surface area contributed by atoms with Gasteiger partial charge >= 0.3 is 0 Å². The first kappa shape index (κ1) is 23.5. The Morgan fingerprint density at radius 1 is 1.21 bits per heavy atom. The molecule has 1 aliphatic heterocycles. The molecule has 0 aliphatic carbocycles. The van der Waals surface area contributed by atoms with E-state index < -0.39 is 13.0 Å². The van der Waals surface area contributed by atoms with Crippen molar-refractivity contribution < 1.29 is 14.4 Å². The van der Waals surface area contributed by atoms with E-state index >= 15 is 0 Å². The monoisotopic (exact) mass is 489 g/mol. The Hall–Kier alpha value is -2.69. The number of hydrogen-bond acceptors (Lipinski definition) is 7. The number of ether oxygens (including phenoxy) is 2. The number of nitrogens with zero attached hydrogens (tertiary/aromatic N) is 5. The Labute approximate surface area is 198 Å². The summed E-state index contributed by atoms with van der Waals surface area (Å²) < 4.78 is 13.9. The van der Waals surface area contributed by atoms with Crippen molar-refractivity contribution in [1.29, 1.82) is 0 Å². The highest BCUT2D eigenvalue weighted by molar-refractivity contribution is 6.76. The third-order valence-electron chi connectivity index (χ3n) is 5.55. The molecule has 0 radical (unpaired) electrons. The van der Waals surface area contributed by atoms with Crippen LogP contribution in [0.25, 0.3) is 11.0 Å². The van der Waals surface area contributed by atoms with Gasteiger partial charge in [-0.05, 0) is 36.6 Å². The van der Waals surface area contributed by atoms with Crippen LogP contribution in [0.3, 0.4) is 0 Å². The number of aromatic nitrogens is 3. The van der Waals surface area contributed by atoms with Crippen LogP contribution in [0.15, 0.2) is 30.5 Å². The van der Waals surface area contributed by atoms with Crippen LogP contribution in [-0.4, -0.2) is 47.2 Å². The van der Waals surface area contributed by atoms with Crippen molar-refractivity contribution in [3.63, 3.8) is 0 Å². The maximum Gasteiger partial charge on any atom is 0.273 e. The molecule has 0 bridgehead atoms. The maximum atomic E-state index is 11.2. The van der Waals surface area contributed by atoms with E-state index in [-0.39, 0.29) is 16.9 Å². The van der Waals surface area contributed by atoms with E-state index in [4.69, 9.17) is 21.1 Å². The minimum Gasteiger partial charge on any atom is -0.438 e. The van der Waals surface area contributed by atoms with Gasteiger partial charge in [0.2, 0.25) is 11.2 Å². The lowest BCUT2D eigenvalue weighted by atomic mass is 10.3. The molecule has 3 heterocycles. The molecule has 176 valence electrons. The first-order chi connectivity index (χ1) is 15.7. The molecule has 0 spiro atoms. The SMILES string of the molecule is C[Si](C)(C)CCOCn1cc(N2CCCC2)c2c(Oc3cccc([N+](=O)[O-])c3)nc(Cl)nc21. The number of halogens is 1. The van der Waals surface area contributed by atoms with Crippen molar-refractivity contribution in [2.24, 2.45) is 0 Å². The molecule has 1 fully saturated rings. The van der Waals surface area contributed by atoms with Crippen molar-refractivity contribution in [3.05, 3.63) is 45.9 Å². The summed E-state index contributed by atoms with van der Waals surface area (Å²) in [6, 6.07) is 7.09. The van der Waals surface area contributed by atoms with Crippen LogP contribution in [0, 0.1) is 10.1 Å². The zero-order valence-corrected chi connectivity index (χ0v) is 20.8. The molecule has 0 N–H and O–H groups in total. The Morgan fingerprint density at radius 2 is 1.97 bits per heavy atom. The Morgan fingerprint density at radius 3 is 2.67 bits per heavy atom. The van der Waals surface area contributed by atoms with E-state index in [1.54, 1.807) is 12.1 Å². The topological polar surface area (TPSA) is 95.5 Å². The summed E-state index contributed by atoms with van der Waals surface area (Å²) in [5.74, 6) is 0.583. The second kappa shape index (κ2) is 9.66. The molecular formula is C22H28ClN5O4Si. The van der Waals surface area contributed by atoms with Crippen molar-refractivity contribution in [3.8, 4) is 11.6 Å². The lowest BCUT2D eigenvalue weighted by Crippen LogP contribution is -2.22. The van der Waals surface area contributed by atoms with Gasteiger partial charge in [-0.1, -0.05) is 25.7 Å². The molecule has 0 atom stereocenters. The predicted molar refractivity (Wildman–Crippen MR) is 131 cm³/mol. The van der Waals surface area contributed by atoms with E-state index in [1.165, 1.54) is 12.1 Å². The summed E-state index contributed by atoms with van der Waals surface area (Å²) in [5.41, 5.74) is 1.51. The molecule has 1 aliphatic rings. The number of rotatable bonds is 9. The molecule has 1 aromatic carbocycles. The van der Waals surface area contributed by atoms with Crippen LogP contribution < -0.4 is 9.64 Å². The zero-order valence-electron chi connectivity index (χ0n) is 19.1. The van der Waals surface area contributed by atoms with Gasteiger partial charge in [0.05, 0.1) is 16.7 Å². The van der Waals surface area contributed by atoms with Gasteiger partial charge in [0.1, 0.15) is 17.9 Å². The average molecular weight is 490 g/mol. The molecule has 4 rings (SSSR count). The van der Waals surface area contributed by atoms with Crippen molar-refractivity contribution in [2.75, 3.05) is 24.6 Å². The van der Waals surface area contributed by atoms with Crippen molar-refractivity contribution >= 4 is 42.1 Å². The third kappa shape index (κ3) is 5.63. The summed E-state index contributed by atoms with van der Waals surface area (Å²) in [6.45, 7) is 9.83. The van der Waals surface area contributed by atoms with Gasteiger partial charge in [-0.15, -0.1) is 0 Å². The van der Waals surface area contributed by atoms with Crippen molar-refractivity contribution in [1.82, 2.24) is 14.5 Å². The normalized spacial score (nSPS) is 14.2. The maximum absolute atomic E-state index is 11.2. The predicted octanol–water partition coefficient (Wildman–Crippen LogP) is 5.70. The van der Waals surface area contributed by atoms with Gasteiger partial charge in [0.15, 0.2) is 5.65 Å². The third-order valence-corrected chi connectivity index (χ3v) is 7.43. The van der Waals surface area contributed by atoms with E-state index in [0.29, 0.717) is 24.7 Å². The standard InChI is InChI=1S/C22H28ClN5O4Si/c1-33(2,3)12-11-31-15-27-14-18(26-9-4-5-10-26)19-20(27)24-22(23)25-21(19)32-17-8-6-7-16(13-17)28(29)30/h6-8,13-14H,4-5,9-12,15H2,1-3H3. The van der Waals surface area contributed by atoms with Crippen LogP contribution in [0.1, 0.15) is 12.8 Å². The number of benzene rings is 1. The summed E-state index contributed by atoms with van der Waals surface area (Å²) in [5, 5.41) is 11.9. The largest absolute Gasteiger partial charge is 0.438 e. The van der Waals surface area contributed by atoms with Gasteiger partial charge < -0.3 is 18.9 Å². The lowest BCUT2D eigenvalue weighted by molar-refractivity contribution is -0.384. The second-order valence-electron chi connectivity index (χ2n) is 9.38. The van der Waals surface area contributed by atoms with Gasteiger partial charge in [0, 0.05) is 40.0 Å². The van der Waals surface area contributed by atoms with E-state index in [9.17, 15) is 10.1 Å². The van der Waals surface area contributed by atoms with Gasteiger partial charge in [-0.25, -0.2) is 0 Å². The second-order valence-corrected chi connectivity index (χ2v) is 15.3. The molecule has 3 aromatic rings. The van der Waals surface area contributed by atoms with Crippen LogP contribution >= 0.6 is 11.6 Å². The number of hydrogen-bond donors (Lipinski definition) is 0. The number of nitro benzene ring substituents is 1. The van der Waals surface area contributed by atoms with Crippen LogP contribution in [-0.2, 0) is 11.5 Å². The van der Waals surface area contributed by atoms with Gasteiger partial charge in [-0.3, -0.25) is 10.1 Å². The highest BCUT2D eigenvalue weighted by atomic mass is 35.5. The molecule has 0 amide bonds. The molecular weight excluding hydrogens is 462 g/mol. The van der Waals surface area contributed by atoms with Gasteiger partial charge in [0.25, 0.3) is 5.69 Å². The summed E-state index contributed by atoms with van der Waals surface area (Å²) in [6.07, 6.45) is 4.22. The van der Waals surface area contributed by atoms with Crippen LogP contribution in [0.5, 0.6) is 11.6 Å². The minimum absolute atomic E-state index is 0.0392. The molecule has 0 unspecified atom stereocenters. The lowest BCUT2D eigenvalue weighted by Gasteiger charge is -2.17. The Kier molecular flexibility index (Phi) is 6.87. The highest BCUT2D eigenvalue weighted by Gasteiger charge is 2.24. The number of non-ortho nitro benzene ring substituents is 1. The number of nitro groups is 1. The van der Waals surface area contributed by atoms with E-state index in [0.717, 1.165) is 43.0 Å². The number of anilines is 1. The van der Waals surface area contributed by atoms with Crippen LogP contribution in [0.4, 0.5) is 11.4 Å². The molecule has 2 aromatic heterocycles. The Balaban J connectivity index is 1.71. The molecule has 11 heteroatoms. The number of fused-ring (bicyclic) bond motifs is 1. The first-order valence-electron chi connectivity index (χ1n) is 11.0. The smallest absolute Gasteiger partial charge is 0.273 e. The van der Waals surface area contributed by atoms with Gasteiger partial charge in [-0.2, -0.15) is 9.97 Å². The molecule has 9 nitrogen and oxygen atoms in total. The van der Waals surface area contributed by atoms with E-state index in [1.807, 2.05) is 10.8 Å². The summed E-state index contributed by atoms with van der Waals surface area (Å²) in [7, 11) is -1.20. The summed E-state index contributed by atoms with van der Waals surface area (Å²) >= 11 is 6.26. The highest BCUT2D eigenvalue weighted by Crippen LogP contribution is 2.39. The zero-order chi connectivity index (χ0) is 23.6. The minimum atomic E-state index is -1.20. The fourth-order valence-electron chi connectivity index (χ4n) is 3.79.